The number of ether oxygens (including phenoxy) is 1. The molecular formula is C27H21Cl2N3O6. The van der Waals surface area contributed by atoms with E-state index in [-0.39, 0.29) is 39.6 Å². The molecule has 1 saturated heterocycles. The second-order valence-electron chi connectivity index (χ2n) is 8.73. The number of carbonyl (C=O) groups excluding carboxylic acids is 3. The molecule has 1 heterocycles. The molecule has 3 aromatic carbocycles. The third-order valence-corrected chi connectivity index (χ3v) is 6.34. The molecule has 4 amide bonds. The van der Waals surface area contributed by atoms with E-state index in [1.54, 1.807) is 24.3 Å². The summed E-state index contributed by atoms with van der Waals surface area (Å²) in [5, 5.41) is 13.2. The number of anilines is 1. The van der Waals surface area contributed by atoms with Crippen molar-refractivity contribution < 1.29 is 24.0 Å². The van der Waals surface area contributed by atoms with Gasteiger partial charge in [-0.3, -0.25) is 25.0 Å². The molecule has 0 spiro atoms. The van der Waals surface area contributed by atoms with Gasteiger partial charge >= 0.3 is 6.03 Å². The SMILES string of the molecule is CC(C)c1ccc(N2C(=O)NC(=O)C(=Cc3cc(Cl)c(OCc4ccc([N+](=O)[O-])cc4)c(Cl)c3)C2=O)cc1. The van der Waals surface area contributed by atoms with Crippen molar-refractivity contribution in [2.75, 3.05) is 4.90 Å². The van der Waals surface area contributed by atoms with Gasteiger partial charge in [0.05, 0.1) is 20.7 Å². The lowest BCUT2D eigenvalue weighted by Gasteiger charge is -2.26. The number of barbiturate groups is 1. The number of nitro groups is 1. The summed E-state index contributed by atoms with van der Waals surface area (Å²) in [5.74, 6) is -1.21. The Morgan fingerprint density at radius 3 is 2.16 bits per heavy atom. The number of carbonyl (C=O) groups is 3. The van der Waals surface area contributed by atoms with Crippen molar-refractivity contribution in [1.82, 2.24) is 5.32 Å². The number of imide groups is 2. The molecule has 0 radical (unpaired) electrons. The van der Waals surface area contributed by atoms with Crippen molar-refractivity contribution in [2.45, 2.75) is 26.4 Å². The zero-order chi connectivity index (χ0) is 27.6. The minimum Gasteiger partial charge on any atom is -0.486 e. The van der Waals surface area contributed by atoms with Crippen LogP contribution in [0.15, 0.2) is 66.2 Å². The van der Waals surface area contributed by atoms with E-state index in [4.69, 9.17) is 27.9 Å². The molecule has 0 unspecified atom stereocenters. The molecule has 0 saturated carbocycles. The molecular weight excluding hydrogens is 533 g/mol. The van der Waals surface area contributed by atoms with Gasteiger partial charge in [-0.15, -0.1) is 0 Å². The summed E-state index contributed by atoms with van der Waals surface area (Å²) in [7, 11) is 0. The number of nitrogens with one attached hydrogen (secondary N) is 1. The minimum absolute atomic E-state index is 0.0451. The van der Waals surface area contributed by atoms with E-state index in [2.05, 4.69) is 5.32 Å². The molecule has 1 aliphatic heterocycles. The highest BCUT2D eigenvalue weighted by atomic mass is 35.5. The largest absolute Gasteiger partial charge is 0.486 e. The van der Waals surface area contributed by atoms with Gasteiger partial charge in [-0.2, -0.15) is 0 Å². The molecule has 3 aromatic rings. The summed E-state index contributed by atoms with van der Waals surface area (Å²) >= 11 is 12.7. The van der Waals surface area contributed by atoms with Crippen LogP contribution in [0.3, 0.4) is 0 Å². The Balaban J connectivity index is 1.56. The fourth-order valence-corrected chi connectivity index (χ4v) is 4.35. The molecule has 194 valence electrons. The van der Waals surface area contributed by atoms with Gasteiger partial charge in [0.2, 0.25) is 0 Å². The van der Waals surface area contributed by atoms with Crippen molar-refractivity contribution >= 4 is 58.5 Å². The first kappa shape index (κ1) is 26.8. The van der Waals surface area contributed by atoms with Gasteiger partial charge in [0, 0.05) is 12.1 Å². The highest BCUT2D eigenvalue weighted by molar-refractivity contribution is 6.40. The number of hydrogen-bond donors (Lipinski definition) is 1. The van der Waals surface area contributed by atoms with Crippen molar-refractivity contribution in [3.8, 4) is 5.75 Å². The second kappa shape index (κ2) is 11.0. The molecule has 1 fully saturated rings. The van der Waals surface area contributed by atoms with Crippen molar-refractivity contribution in [1.29, 1.82) is 0 Å². The summed E-state index contributed by atoms with van der Waals surface area (Å²) in [6.07, 6.45) is 1.29. The third-order valence-electron chi connectivity index (χ3n) is 5.78. The Kier molecular flexibility index (Phi) is 7.80. The fraction of sp³-hybridized carbons (Fsp3) is 0.148. The molecule has 0 bridgehead atoms. The number of rotatable bonds is 7. The quantitative estimate of drug-likeness (QED) is 0.159. The molecule has 9 nitrogen and oxygen atoms in total. The molecule has 4 rings (SSSR count). The smallest absolute Gasteiger partial charge is 0.335 e. The van der Waals surface area contributed by atoms with Crippen molar-refractivity contribution in [2.24, 2.45) is 0 Å². The van der Waals surface area contributed by atoms with Crippen LogP contribution in [0.5, 0.6) is 5.75 Å². The molecule has 1 aliphatic rings. The Morgan fingerprint density at radius 2 is 1.61 bits per heavy atom. The van der Waals surface area contributed by atoms with Gasteiger partial charge in [-0.1, -0.05) is 49.2 Å². The number of urea groups is 1. The number of halogens is 2. The maximum atomic E-state index is 13.2. The zero-order valence-corrected chi connectivity index (χ0v) is 21.7. The van der Waals surface area contributed by atoms with Gasteiger partial charge < -0.3 is 4.74 Å². The summed E-state index contributed by atoms with van der Waals surface area (Å²) in [6.45, 7) is 4.09. The lowest BCUT2D eigenvalue weighted by Crippen LogP contribution is -2.54. The van der Waals surface area contributed by atoms with Crippen LogP contribution >= 0.6 is 23.2 Å². The topological polar surface area (TPSA) is 119 Å². The van der Waals surface area contributed by atoms with E-state index >= 15 is 0 Å². The highest BCUT2D eigenvalue weighted by Gasteiger charge is 2.36. The number of amides is 4. The first-order valence-electron chi connectivity index (χ1n) is 11.4. The van der Waals surface area contributed by atoms with E-state index in [1.165, 1.54) is 30.3 Å². The predicted molar refractivity (Wildman–Crippen MR) is 143 cm³/mol. The molecule has 1 N–H and O–H groups in total. The van der Waals surface area contributed by atoms with Gasteiger partial charge in [0.1, 0.15) is 12.2 Å². The first-order valence-corrected chi connectivity index (χ1v) is 12.2. The number of hydrogen-bond acceptors (Lipinski definition) is 6. The van der Waals surface area contributed by atoms with Crippen LogP contribution in [-0.4, -0.2) is 22.8 Å². The number of nitro benzene ring substituents is 1. The fourth-order valence-electron chi connectivity index (χ4n) is 3.74. The number of nitrogens with zero attached hydrogens (tertiary/aromatic N) is 2. The molecule has 11 heteroatoms. The predicted octanol–water partition coefficient (Wildman–Crippen LogP) is 6.27. The average Bonchev–Trinajstić information content (AvgIpc) is 2.86. The van der Waals surface area contributed by atoms with Crippen LogP contribution in [-0.2, 0) is 16.2 Å². The summed E-state index contributed by atoms with van der Waals surface area (Å²) in [6, 6.07) is 14.8. The monoisotopic (exact) mass is 553 g/mol. The van der Waals surface area contributed by atoms with Gasteiger partial charge in [-0.05, 0) is 65.1 Å². The van der Waals surface area contributed by atoms with Crippen molar-refractivity contribution in [3.63, 3.8) is 0 Å². The molecule has 0 atom stereocenters. The van der Waals surface area contributed by atoms with Crippen LogP contribution in [0.1, 0.15) is 36.5 Å². The number of non-ortho nitro benzene ring substituents is 1. The van der Waals surface area contributed by atoms with Crippen molar-refractivity contribution in [3.05, 3.63) is 103 Å². The average molecular weight is 554 g/mol. The highest BCUT2D eigenvalue weighted by Crippen LogP contribution is 2.36. The molecule has 0 aromatic heterocycles. The lowest BCUT2D eigenvalue weighted by atomic mass is 10.0. The summed E-state index contributed by atoms with van der Waals surface area (Å²) < 4.78 is 5.70. The number of benzene rings is 3. The van der Waals surface area contributed by atoms with Gasteiger partial charge in [0.25, 0.3) is 17.5 Å². The summed E-state index contributed by atoms with van der Waals surface area (Å²) in [4.78, 5) is 49.4. The molecule has 0 aliphatic carbocycles. The van der Waals surface area contributed by atoms with Crippen LogP contribution < -0.4 is 15.0 Å². The van der Waals surface area contributed by atoms with E-state index in [0.29, 0.717) is 16.8 Å². The first-order chi connectivity index (χ1) is 18.0. The van der Waals surface area contributed by atoms with Gasteiger partial charge in [-0.25, -0.2) is 9.69 Å². The Morgan fingerprint density at radius 1 is 1.00 bits per heavy atom. The standard InChI is InChI=1S/C27H21Cl2N3O6/c1-15(2)18-5-9-19(10-6-18)31-26(34)21(25(33)30-27(31)35)11-17-12-22(28)24(23(29)13-17)38-14-16-3-7-20(8-4-16)32(36)37/h3-13,15H,14H2,1-2H3,(H,30,33,35). The Labute approximate surface area is 227 Å². The van der Waals surface area contributed by atoms with Crippen LogP contribution in [0, 0.1) is 10.1 Å². The third kappa shape index (κ3) is 5.69. The molecule has 38 heavy (non-hydrogen) atoms. The Bertz CT molecular complexity index is 1440. The maximum absolute atomic E-state index is 13.2. The maximum Gasteiger partial charge on any atom is 0.335 e. The van der Waals surface area contributed by atoms with Crippen LogP contribution in [0.25, 0.3) is 6.08 Å². The van der Waals surface area contributed by atoms with E-state index in [9.17, 15) is 24.5 Å². The van der Waals surface area contributed by atoms with E-state index in [0.717, 1.165) is 10.5 Å². The second-order valence-corrected chi connectivity index (χ2v) is 9.54. The lowest BCUT2D eigenvalue weighted by molar-refractivity contribution is -0.384. The summed E-state index contributed by atoms with van der Waals surface area (Å²) in [5.41, 5.74) is 2.03. The zero-order valence-electron chi connectivity index (χ0n) is 20.2. The van der Waals surface area contributed by atoms with Crippen LogP contribution in [0.4, 0.5) is 16.2 Å². The Hall–Kier alpha value is -4.21. The van der Waals surface area contributed by atoms with Gasteiger partial charge in [0.15, 0.2) is 5.75 Å². The normalized spacial score (nSPS) is 14.7. The minimum atomic E-state index is -0.847. The van der Waals surface area contributed by atoms with E-state index < -0.39 is 22.8 Å². The van der Waals surface area contributed by atoms with E-state index in [1.807, 2.05) is 26.0 Å². The van der Waals surface area contributed by atoms with Crippen LogP contribution in [0.2, 0.25) is 10.0 Å².